The Labute approximate surface area is 89.3 Å². The Bertz CT molecular complexity index is 356. The molecule has 0 saturated heterocycles. The molecule has 84 valence electrons. The predicted octanol–water partition coefficient (Wildman–Crippen LogP) is 1.16. The van der Waals surface area contributed by atoms with Crippen molar-refractivity contribution in [2.75, 3.05) is 19.0 Å². The van der Waals surface area contributed by atoms with Crippen molar-refractivity contribution in [3.63, 3.8) is 0 Å². The van der Waals surface area contributed by atoms with Crippen molar-refractivity contribution in [2.24, 2.45) is 0 Å². The van der Waals surface area contributed by atoms with Crippen molar-refractivity contribution in [3.8, 4) is 0 Å². The van der Waals surface area contributed by atoms with E-state index in [1.807, 2.05) is 38.9 Å². The summed E-state index contributed by atoms with van der Waals surface area (Å²) < 4.78 is 1.75. The number of aliphatic carboxylic acids is 1. The zero-order valence-electron chi connectivity index (χ0n) is 9.56. The Morgan fingerprint density at radius 3 is 2.60 bits per heavy atom. The number of nitrogens with zero attached hydrogens (tertiary/aromatic N) is 3. The van der Waals surface area contributed by atoms with Gasteiger partial charge < -0.3 is 10.0 Å². The van der Waals surface area contributed by atoms with E-state index in [1.165, 1.54) is 0 Å². The Hall–Kier alpha value is -1.52. The molecule has 5 nitrogen and oxygen atoms in total. The number of aromatic nitrogens is 2. The lowest BCUT2D eigenvalue weighted by Gasteiger charge is -2.10. The molecule has 0 bridgehead atoms. The predicted molar refractivity (Wildman–Crippen MR) is 58.3 cm³/mol. The second-order valence-corrected chi connectivity index (χ2v) is 4.00. The van der Waals surface area contributed by atoms with Crippen molar-refractivity contribution in [1.82, 2.24) is 9.78 Å². The maximum atomic E-state index is 10.7. The summed E-state index contributed by atoms with van der Waals surface area (Å²) >= 11 is 0. The van der Waals surface area contributed by atoms with Gasteiger partial charge in [-0.05, 0) is 13.8 Å². The van der Waals surface area contributed by atoms with E-state index in [0.717, 1.165) is 11.5 Å². The zero-order valence-corrected chi connectivity index (χ0v) is 9.56. The fourth-order valence-electron chi connectivity index (χ4n) is 1.37. The molecule has 1 heterocycles. The number of hydrogen-bond donors (Lipinski definition) is 1. The Morgan fingerprint density at radius 2 is 2.20 bits per heavy atom. The van der Waals surface area contributed by atoms with Crippen LogP contribution in [0.3, 0.4) is 0 Å². The summed E-state index contributed by atoms with van der Waals surface area (Å²) in [6, 6.07) is 1.99. The van der Waals surface area contributed by atoms with Crippen molar-refractivity contribution in [2.45, 2.75) is 26.3 Å². The molecule has 0 aromatic carbocycles. The molecule has 0 radical (unpaired) electrons. The first-order valence-electron chi connectivity index (χ1n) is 4.89. The lowest BCUT2D eigenvalue weighted by atomic mass is 10.3. The van der Waals surface area contributed by atoms with Crippen LogP contribution >= 0.6 is 0 Å². The third-order valence-electron chi connectivity index (χ3n) is 2.08. The van der Waals surface area contributed by atoms with Crippen LogP contribution in [-0.2, 0) is 11.2 Å². The van der Waals surface area contributed by atoms with Crippen LogP contribution in [0.5, 0.6) is 0 Å². The summed E-state index contributed by atoms with van der Waals surface area (Å²) in [5.41, 5.74) is 0.737. The molecule has 0 unspecified atom stereocenters. The van der Waals surface area contributed by atoms with Crippen molar-refractivity contribution < 1.29 is 9.90 Å². The first-order valence-corrected chi connectivity index (χ1v) is 4.89. The molecule has 5 heteroatoms. The highest BCUT2D eigenvalue weighted by atomic mass is 16.4. The van der Waals surface area contributed by atoms with Gasteiger partial charge >= 0.3 is 5.97 Å². The van der Waals surface area contributed by atoms with Crippen LogP contribution in [0.15, 0.2) is 6.07 Å². The lowest BCUT2D eigenvalue weighted by molar-refractivity contribution is -0.136. The van der Waals surface area contributed by atoms with Gasteiger partial charge in [-0.2, -0.15) is 5.10 Å². The average molecular weight is 211 g/mol. The fraction of sp³-hybridized carbons (Fsp3) is 0.600. The van der Waals surface area contributed by atoms with Crippen LogP contribution in [0.25, 0.3) is 0 Å². The van der Waals surface area contributed by atoms with Gasteiger partial charge in [0.2, 0.25) is 0 Å². The lowest BCUT2D eigenvalue weighted by Crippen LogP contribution is -2.12. The average Bonchev–Trinajstić information content (AvgIpc) is 2.46. The molecule has 15 heavy (non-hydrogen) atoms. The van der Waals surface area contributed by atoms with Gasteiger partial charge in [-0.1, -0.05) is 0 Å². The van der Waals surface area contributed by atoms with Gasteiger partial charge in [0.05, 0.1) is 12.1 Å². The number of rotatable bonds is 4. The molecule has 1 N–H and O–H groups in total. The molecule has 1 aromatic rings. The number of hydrogen-bond acceptors (Lipinski definition) is 3. The summed E-state index contributed by atoms with van der Waals surface area (Å²) in [7, 11) is 3.77. The van der Waals surface area contributed by atoms with E-state index in [-0.39, 0.29) is 12.5 Å². The number of carboxylic acids is 1. The van der Waals surface area contributed by atoms with Crippen LogP contribution in [-0.4, -0.2) is 35.0 Å². The smallest absolute Gasteiger partial charge is 0.309 e. The topological polar surface area (TPSA) is 58.4 Å². The van der Waals surface area contributed by atoms with Crippen LogP contribution in [0.4, 0.5) is 5.82 Å². The van der Waals surface area contributed by atoms with Crippen LogP contribution in [0.2, 0.25) is 0 Å². The number of carboxylic acid groups (broad SMARTS) is 1. The first kappa shape index (κ1) is 11.6. The standard InChI is InChI=1S/C10H17N3O2/c1-7(2)13-8(6-10(14)15)5-9(11-13)12(3)4/h5,7H,6H2,1-4H3,(H,14,15). The molecular formula is C10H17N3O2. The summed E-state index contributed by atoms with van der Waals surface area (Å²) in [5.74, 6) is -0.0398. The Morgan fingerprint density at radius 1 is 1.60 bits per heavy atom. The molecule has 0 saturated carbocycles. The van der Waals surface area contributed by atoms with E-state index in [1.54, 1.807) is 4.68 Å². The third-order valence-corrected chi connectivity index (χ3v) is 2.08. The Kier molecular flexibility index (Phi) is 3.34. The summed E-state index contributed by atoms with van der Waals surface area (Å²) in [4.78, 5) is 12.5. The quantitative estimate of drug-likeness (QED) is 0.811. The van der Waals surface area contributed by atoms with E-state index >= 15 is 0 Å². The molecule has 1 aromatic heterocycles. The van der Waals surface area contributed by atoms with E-state index in [4.69, 9.17) is 5.11 Å². The van der Waals surface area contributed by atoms with Crippen molar-refractivity contribution in [1.29, 1.82) is 0 Å². The van der Waals surface area contributed by atoms with Gasteiger partial charge in [-0.25, -0.2) is 0 Å². The normalized spacial score (nSPS) is 10.7. The fourth-order valence-corrected chi connectivity index (χ4v) is 1.37. The maximum Gasteiger partial charge on any atom is 0.309 e. The highest BCUT2D eigenvalue weighted by Gasteiger charge is 2.13. The zero-order chi connectivity index (χ0) is 11.6. The van der Waals surface area contributed by atoms with E-state index < -0.39 is 5.97 Å². The van der Waals surface area contributed by atoms with E-state index in [9.17, 15) is 4.79 Å². The first-order chi connectivity index (χ1) is 6.91. The van der Waals surface area contributed by atoms with Gasteiger partial charge in [0, 0.05) is 26.2 Å². The van der Waals surface area contributed by atoms with Crippen LogP contribution in [0, 0.1) is 0 Å². The van der Waals surface area contributed by atoms with Gasteiger partial charge in [0.25, 0.3) is 0 Å². The molecule has 0 atom stereocenters. The molecule has 0 amide bonds. The summed E-state index contributed by atoms with van der Waals surface area (Å²) in [6.07, 6.45) is 0.0129. The SMILES string of the molecule is CC(C)n1nc(N(C)C)cc1CC(=O)O. The van der Waals surface area contributed by atoms with Crippen LogP contribution in [0.1, 0.15) is 25.6 Å². The van der Waals surface area contributed by atoms with E-state index in [2.05, 4.69) is 5.10 Å². The Balaban J connectivity index is 3.05. The highest BCUT2D eigenvalue weighted by Crippen LogP contribution is 2.17. The summed E-state index contributed by atoms with van der Waals surface area (Å²) in [6.45, 7) is 3.97. The van der Waals surface area contributed by atoms with Gasteiger partial charge in [-0.3, -0.25) is 9.48 Å². The number of carbonyl (C=O) groups is 1. The minimum Gasteiger partial charge on any atom is -0.481 e. The summed E-state index contributed by atoms with van der Waals surface area (Å²) in [5, 5.41) is 13.1. The molecule has 0 aliphatic heterocycles. The molecule has 0 aliphatic carbocycles. The largest absolute Gasteiger partial charge is 0.481 e. The molecule has 1 rings (SSSR count). The second-order valence-electron chi connectivity index (χ2n) is 4.00. The number of anilines is 1. The van der Waals surface area contributed by atoms with Gasteiger partial charge in [-0.15, -0.1) is 0 Å². The minimum absolute atomic E-state index is 0.0129. The molecule has 0 spiro atoms. The van der Waals surface area contributed by atoms with Gasteiger partial charge in [0.15, 0.2) is 0 Å². The van der Waals surface area contributed by atoms with Crippen LogP contribution < -0.4 is 4.90 Å². The highest BCUT2D eigenvalue weighted by molar-refractivity contribution is 5.70. The minimum atomic E-state index is -0.831. The monoisotopic (exact) mass is 211 g/mol. The molecule has 0 fully saturated rings. The van der Waals surface area contributed by atoms with E-state index in [0.29, 0.717) is 0 Å². The molecular weight excluding hydrogens is 194 g/mol. The van der Waals surface area contributed by atoms with Crippen molar-refractivity contribution in [3.05, 3.63) is 11.8 Å². The third kappa shape index (κ3) is 2.71. The molecule has 0 aliphatic rings. The maximum absolute atomic E-state index is 10.7. The second kappa shape index (κ2) is 4.33. The van der Waals surface area contributed by atoms with Gasteiger partial charge in [0.1, 0.15) is 5.82 Å². The van der Waals surface area contributed by atoms with Crippen molar-refractivity contribution >= 4 is 11.8 Å².